The van der Waals surface area contributed by atoms with Crippen LogP contribution in [0.5, 0.6) is 5.75 Å². The minimum atomic E-state index is -3.66. The fraction of sp³-hybridized carbons (Fsp3) is 0.435. The van der Waals surface area contributed by atoms with Crippen LogP contribution in [0.2, 0.25) is 0 Å². The van der Waals surface area contributed by atoms with Gasteiger partial charge in [0.1, 0.15) is 5.75 Å². The molecule has 0 spiro atoms. The standard InChI is InChI=1S/C23H30N2O6S/c1-29-14-12-24-32(27,28)22-10-8-19(9-11-22)23(26)25(17-21-7-4-13-31-21)16-18-5-3-6-20(15-18)30-2/h3,5-6,8-11,15,21,24H,4,7,12-14,16-17H2,1-2H3. The topological polar surface area (TPSA) is 94.2 Å². The third-order valence-electron chi connectivity index (χ3n) is 5.25. The van der Waals surface area contributed by atoms with Gasteiger partial charge in [-0.25, -0.2) is 13.1 Å². The summed E-state index contributed by atoms with van der Waals surface area (Å²) in [5.74, 6) is 0.544. The summed E-state index contributed by atoms with van der Waals surface area (Å²) in [5, 5.41) is 0. The van der Waals surface area contributed by atoms with E-state index in [1.165, 1.54) is 19.2 Å². The van der Waals surface area contributed by atoms with Crippen LogP contribution in [0, 0.1) is 0 Å². The van der Waals surface area contributed by atoms with E-state index >= 15 is 0 Å². The first-order valence-electron chi connectivity index (χ1n) is 10.6. The van der Waals surface area contributed by atoms with Crippen molar-refractivity contribution in [1.29, 1.82) is 0 Å². The van der Waals surface area contributed by atoms with Crippen molar-refractivity contribution in [2.45, 2.75) is 30.4 Å². The molecule has 1 aliphatic rings. The summed E-state index contributed by atoms with van der Waals surface area (Å²) in [5.41, 5.74) is 1.36. The summed E-state index contributed by atoms with van der Waals surface area (Å²) < 4.78 is 43.1. The molecule has 174 valence electrons. The smallest absolute Gasteiger partial charge is 0.254 e. The lowest BCUT2D eigenvalue weighted by Gasteiger charge is -2.26. The lowest BCUT2D eigenvalue weighted by molar-refractivity contribution is 0.0507. The Kier molecular flexibility index (Phi) is 8.63. The monoisotopic (exact) mass is 462 g/mol. The van der Waals surface area contributed by atoms with Gasteiger partial charge in [-0.1, -0.05) is 12.1 Å². The molecule has 2 aromatic rings. The quantitative estimate of drug-likeness (QED) is 0.516. The van der Waals surface area contributed by atoms with Gasteiger partial charge in [0.25, 0.3) is 5.91 Å². The highest BCUT2D eigenvalue weighted by atomic mass is 32.2. The molecule has 0 aliphatic carbocycles. The van der Waals surface area contributed by atoms with Crippen molar-refractivity contribution in [3.63, 3.8) is 0 Å². The molecule has 9 heteroatoms. The van der Waals surface area contributed by atoms with E-state index in [1.807, 2.05) is 24.3 Å². The highest BCUT2D eigenvalue weighted by Gasteiger charge is 2.24. The fourth-order valence-electron chi connectivity index (χ4n) is 3.57. The molecule has 1 fully saturated rings. The van der Waals surface area contributed by atoms with Gasteiger partial charge in [0, 0.05) is 38.9 Å². The largest absolute Gasteiger partial charge is 0.497 e. The third-order valence-corrected chi connectivity index (χ3v) is 6.73. The van der Waals surface area contributed by atoms with Crippen molar-refractivity contribution >= 4 is 15.9 Å². The number of carbonyl (C=O) groups is 1. The van der Waals surface area contributed by atoms with Gasteiger partial charge < -0.3 is 19.1 Å². The van der Waals surface area contributed by atoms with E-state index in [1.54, 1.807) is 24.1 Å². The number of methoxy groups -OCH3 is 2. The fourth-order valence-corrected chi connectivity index (χ4v) is 4.58. The Bertz CT molecular complexity index is 988. The van der Waals surface area contributed by atoms with Crippen LogP contribution in [-0.4, -0.2) is 65.9 Å². The van der Waals surface area contributed by atoms with Gasteiger partial charge >= 0.3 is 0 Å². The lowest BCUT2D eigenvalue weighted by atomic mass is 10.1. The number of rotatable bonds is 11. The molecule has 0 aromatic heterocycles. The predicted octanol–water partition coefficient (Wildman–Crippen LogP) is 2.44. The van der Waals surface area contributed by atoms with Gasteiger partial charge in [-0.15, -0.1) is 0 Å². The number of amides is 1. The first-order valence-corrected chi connectivity index (χ1v) is 12.0. The molecule has 8 nitrogen and oxygen atoms in total. The third kappa shape index (κ3) is 6.52. The van der Waals surface area contributed by atoms with Gasteiger partial charge in [0.2, 0.25) is 10.0 Å². The molecular weight excluding hydrogens is 432 g/mol. The number of hydrogen-bond donors (Lipinski definition) is 1. The van der Waals surface area contributed by atoms with Crippen LogP contribution < -0.4 is 9.46 Å². The number of benzene rings is 2. The van der Waals surface area contributed by atoms with Gasteiger partial charge in [0.15, 0.2) is 0 Å². The van der Waals surface area contributed by atoms with E-state index in [0.717, 1.165) is 24.2 Å². The SMILES string of the molecule is COCCNS(=O)(=O)c1ccc(C(=O)N(Cc2cccc(OC)c2)CC2CCCO2)cc1. The highest BCUT2D eigenvalue weighted by Crippen LogP contribution is 2.20. The highest BCUT2D eigenvalue weighted by molar-refractivity contribution is 7.89. The average Bonchev–Trinajstić information content (AvgIpc) is 3.32. The molecule has 0 bridgehead atoms. The van der Waals surface area contributed by atoms with E-state index in [4.69, 9.17) is 14.2 Å². The Labute approximate surface area is 189 Å². The van der Waals surface area contributed by atoms with E-state index in [9.17, 15) is 13.2 Å². The molecule has 1 atom stereocenters. The molecule has 1 unspecified atom stereocenters. The maximum Gasteiger partial charge on any atom is 0.254 e. The van der Waals surface area contributed by atoms with Gasteiger partial charge in [-0.3, -0.25) is 4.79 Å². The molecule has 32 heavy (non-hydrogen) atoms. The number of nitrogens with one attached hydrogen (secondary N) is 1. The molecule has 1 aliphatic heterocycles. The van der Waals surface area contributed by atoms with Crippen molar-refractivity contribution < 1.29 is 27.4 Å². The second-order valence-electron chi connectivity index (χ2n) is 7.59. The second-order valence-corrected chi connectivity index (χ2v) is 9.35. The Hall–Kier alpha value is -2.46. The summed E-state index contributed by atoms with van der Waals surface area (Å²) in [4.78, 5) is 15.2. The molecule has 1 N–H and O–H groups in total. The molecule has 1 heterocycles. The maximum atomic E-state index is 13.3. The average molecular weight is 463 g/mol. The van der Waals surface area contributed by atoms with Crippen LogP contribution >= 0.6 is 0 Å². The minimum Gasteiger partial charge on any atom is -0.497 e. The molecule has 2 aromatic carbocycles. The zero-order valence-corrected chi connectivity index (χ0v) is 19.3. The first kappa shape index (κ1) is 24.2. The minimum absolute atomic E-state index is 0.00538. The van der Waals surface area contributed by atoms with Gasteiger partial charge in [0.05, 0.1) is 24.7 Å². The zero-order valence-electron chi connectivity index (χ0n) is 18.5. The molecule has 3 rings (SSSR count). The normalized spacial score (nSPS) is 16.1. The summed E-state index contributed by atoms with van der Waals surface area (Å²) in [7, 11) is -0.551. The van der Waals surface area contributed by atoms with Crippen molar-refractivity contribution in [2.24, 2.45) is 0 Å². The number of ether oxygens (including phenoxy) is 3. The molecular formula is C23H30N2O6S. The van der Waals surface area contributed by atoms with Crippen molar-refractivity contribution in [2.75, 3.05) is 40.5 Å². The van der Waals surface area contributed by atoms with Crippen LogP contribution in [0.25, 0.3) is 0 Å². The number of nitrogens with zero attached hydrogens (tertiary/aromatic N) is 1. The van der Waals surface area contributed by atoms with Gasteiger partial charge in [-0.2, -0.15) is 0 Å². The lowest BCUT2D eigenvalue weighted by Crippen LogP contribution is -2.37. The number of sulfonamides is 1. The first-order chi connectivity index (χ1) is 15.4. The second kappa shape index (κ2) is 11.4. The summed E-state index contributed by atoms with van der Waals surface area (Å²) in [6.45, 7) is 2.02. The van der Waals surface area contributed by atoms with E-state index in [2.05, 4.69) is 4.72 Å². The Morgan fingerprint density at radius 3 is 2.62 bits per heavy atom. The molecule has 1 amide bonds. The van der Waals surface area contributed by atoms with E-state index < -0.39 is 10.0 Å². The Morgan fingerprint density at radius 1 is 1.19 bits per heavy atom. The van der Waals surface area contributed by atoms with Crippen LogP contribution in [0.1, 0.15) is 28.8 Å². The van der Waals surface area contributed by atoms with Gasteiger partial charge in [-0.05, 0) is 54.8 Å². The maximum absolute atomic E-state index is 13.3. The summed E-state index contributed by atoms with van der Waals surface area (Å²) in [6, 6.07) is 13.6. The van der Waals surface area contributed by atoms with E-state index in [0.29, 0.717) is 25.3 Å². The van der Waals surface area contributed by atoms with Crippen LogP contribution in [0.4, 0.5) is 0 Å². The Morgan fingerprint density at radius 2 is 1.97 bits per heavy atom. The number of hydrogen-bond acceptors (Lipinski definition) is 6. The van der Waals surface area contributed by atoms with Crippen molar-refractivity contribution in [3.05, 3.63) is 59.7 Å². The van der Waals surface area contributed by atoms with Crippen molar-refractivity contribution in [1.82, 2.24) is 9.62 Å². The predicted molar refractivity (Wildman–Crippen MR) is 120 cm³/mol. The Balaban J connectivity index is 1.77. The zero-order chi connectivity index (χ0) is 23.0. The molecule has 0 saturated carbocycles. The summed E-state index contributed by atoms with van der Waals surface area (Å²) >= 11 is 0. The van der Waals surface area contributed by atoms with Crippen LogP contribution in [-0.2, 0) is 26.0 Å². The number of carbonyl (C=O) groups excluding carboxylic acids is 1. The van der Waals surface area contributed by atoms with Crippen LogP contribution in [0.3, 0.4) is 0 Å². The van der Waals surface area contributed by atoms with Crippen molar-refractivity contribution in [3.8, 4) is 5.75 Å². The summed E-state index contributed by atoms with van der Waals surface area (Å²) in [6.07, 6.45) is 1.88. The van der Waals surface area contributed by atoms with E-state index in [-0.39, 0.29) is 30.1 Å². The molecule has 0 radical (unpaired) electrons. The molecule has 1 saturated heterocycles. The van der Waals surface area contributed by atoms with Crippen LogP contribution in [0.15, 0.2) is 53.4 Å².